The number of rotatable bonds is 1. The molecule has 1 aromatic rings. The Labute approximate surface area is 117 Å². The monoisotopic (exact) mass is 361 g/mol. The molecule has 0 aliphatic carbocycles. The molecule has 2 rings (SSSR count). The second kappa shape index (κ2) is 4.61. The molecule has 0 bridgehead atoms. The van der Waals surface area contributed by atoms with E-state index in [1.54, 1.807) is 0 Å². The molecule has 5 heteroatoms. The van der Waals surface area contributed by atoms with Gasteiger partial charge in [0.05, 0.1) is 6.04 Å². The van der Waals surface area contributed by atoms with Gasteiger partial charge in [-0.05, 0) is 23.8 Å². The Morgan fingerprint density at radius 2 is 1.88 bits per heavy atom. The van der Waals surface area contributed by atoms with Gasteiger partial charge in [-0.25, -0.2) is 4.79 Å². The Morgan fingerprint density at radius 1 is 1.29 bits per heavy atom. The third kappa shape index (κ3) is 2.83. The summed E-state index contributed by atoms with van der Waals surface area (Å²) in [7, 11) is 0. The van der Waals surface area contributed by atoms with E-state index in [4.69, 9.17) is 4.74 Å². The van der Waals surface area contributed by atoms with E-state index in [0.717, 1.165) is 14.5 Å². The van der Waals surface area contributed by atoms with E-state index >= 15 is 0 Å². The molecule has 1 amide bonds. The van der Waals surface area contributed by atoms with Crippen molar-refractivity contribution in [2.75, 3.05) is 6.61 Å². The number of halogens is 2. The zero-order valence-corrected chi connectivity index (χ0v) is 12.8. The van der Waals surface area contributed by atoms with Crippen LogP contribution in [0.2, 0.25) is 0 Å². The summed E-state index contributed by atoms with van der Waals surface area (Å²) in [6.45, 7) is 4.57. The lowest BCUT2D eigenvalue weighted by Gasteiger charge is -2.38. The molecule has 0 aromatic heterocycles. The highest BCUT2D eigenvalue weighted by Crippen LogP contribution is 2.38. The van der Waals surface area contributed by atoms with Gasteiger partial charge in [0.15, 0.2) is 0 Å². The van der Waals surface area contributed by atoms with E-state index < -0.39 is 0 Å². The van der Waals surface area contributed by atoms with Crippen LogP contribution in [0.5, 0.6) is 0 Å². The molecule has 1 N–H and O–H groups in total. The maximum atomic E-state index is 11.3. The van der Waals surface area contributed by atoms with Gasteiger partial charge in [0.1, 0.15) is 6.61 Å². The molecule has 92 valence electrons. The van der Waals surface area contributed by atoms with Gasteiger partial charge in [-0.2, -0.15) is 0 Å². The van der Waals surface area contributed by atoms with E-state index in [-0.39, 0.29) is 17.6 Å². The molecule has 1 heterocycles. The van der Waals surface area contributed by atoms with Crippen molar-refractivity contribution in [3.8, 4) is 0 Å². The van der Waals surface area contributed by atoms with Crippen molar-refractivity contribution in [2.24, 2.45) is 5.41 Å². The zero-order valence-electron chi connectivity index (χ0n) is 9.59. The summed E-state index contributed by atoms with van der Waals surface area (Å²) in [6, 6.07) is 5.96. The number of hydrogen-bond donors (Lipinski definition) is 1. The normalized spacial score (nSPS) is 22.8. The summed E-state index contributed by atoms with van der Waals surface area (Å²) in [6.07, 6.45) is -0.356. The number of alkyl carbamates (subject to hydrolysis) is 1. The summed E-state index contributed by atoms with van der Waals surface area (Å²) < 4.78 is 7.00. The number of nitrogens with one attached hydrogen (secondary N) is 1. The van der Waals surface area contributed by atoms with Crippen molar-refractivity contribution in [2.45, 2.75) is 19.9 Å². The topological polar surface area (TPSA) is 38.3 Å². The number of carbonyl (C=O) groups is 1. The van der Waals surface area contributed by atoms with Crippen molar-refractivity contribution < 1.29 is 9.53 Å². The fourth-order valence-electron chi connectivity index (χ4n) is 1.97. The summed E-state index contributed by atoms with van der Waals surface area (Å²) in [4.78, 5) is 11.3. The maximum absolute atomic E-state index is 11.3. The molecule has 0 saturated carbocycles. The van der Waals surface area contributed by atoms with E-state index in [0.29, 0.717) is 6.61 Å². The molecule has 1 aromatic carbocycles. The van der Waals surface area contributed by atoms with E-state index in [2.05, 4.69) is 51.0 Å². The average molecular weight is 363 g/mol. The molecule has 3 nitrogen and oxygen atoms in total. The van der Waals surface area contributed by atoms with Gasteiger partial charge in [-0.3, -0.25) is 0 Å². The van der Waals surface area contributed by atoms with Crippen LogP contribution in [0.4, 0.5) is 4.79 Å². The van der Waals surface area contributed by atoms with Crippen LogP contribution in [0.3, 0.4) is 0 Å². The first-order valence-electron chi connectivity index (χ1n) is 5.28. The van der Waals surface area contributed by atoms with E-state index in [9.17, 15) is 4.79 Å². The molecule has 1 aliphatic heterocycles. The van der Waals surface area contributed by atoms with Gasteiger partial charge in [-0.15, -0.1) is 0 Å². The first-order chi connectivity index (χ1) is 7.88. The Balaban J connectivity index is 2.39. The van der Waals surface area contributed by atoms with Crippen LogP contribution in [-0.4, -0.2) is 12.7 Å². The number of amides is 1. The lowest BCUT2D eigenvalue weighted by atomic mass is 9.80. The Bertz CT molecular complexity index is 440. The summed E-state index contributed by atoms with van der Waals surface area (Å²) in [5.74, 6) is 0. The minimum atomic E-state index is -0.356. The van der Waals surface area contributed by atoms with Crippen LogP contribution in [-0.2, 0) is 4.74 Å². The molecule has 1 aliphatic rings. The maximum Gasteiger partial charge on any atom is 0.407 e. The van der Waals surface area contributed by atoms with Crippen LogP contribution in [0, 0.1) is 5.41 Å². The molecular formula is C12H13Br2NO2. The fourth-order valence-corrected chi connectivity index (χ4v) is 3.30. The second-order valence-corrected chi connectivity index (χ2v) is 6.68. The largest absolute Gasteiger partial charge is 0.449 e. The Morgan fingerprint density at radius 3 is 2.47 bits per heavy atom. The van der Waals surface area contributed by atoms with Gasteiger partial charge in [0, 0.05) is 14.4 Å². The van der Waals surface area contributed by atoms with E-state index in [1.807, 2.05) is 18.2 Å². The number of benzene rings is 1. The lowest BCUT2D eigenvalue weighted by Crippen LogP contribution is -2.46. The fraction of sp³-hybridized carbons (Fsp3) is 0.417. The van der Waals surface area contributed by atoms with Crippen LogP contribution >= 0.6 is 31.9 Å². The van der Waals surface area contributed by atoms with Crippen molar-refractivity contribution in [1.29, 1.82) is 0 Å². The highest BCUT2D eigenvalue weighted by atomic mass is 79.9. The van der Waals surface area contributed by atoms with Crippen molar-refractivity contribution in [3.63, 3.8) is 0 Å². The quantitative estimate of drug-likeness (QED) is 0.819. The predicted molar refractivity (Wildman–Crippen MR) is 72.8 cm³/mol. The van der Waals surface area contributed by atoms with Gasteiger partial charge < -0.3 is 10.1 Å². The van der Waals surface area contributed by atoms with Crippen LogP contribution in [0.1, 0.15) is 25.5 Å². The highest BCUT2D eigenvalue weighted by molar-refractivity contribution is 9.11. The summed E-state index contributed by atoms with van der Waals surface area (Å²) in [5, 5.41) is 2.87. The summed E-state index contributed by atoms with van der Waals surface area (Å²) >= 11 is 6.92. The predicted octanol–water partition coefficient (Wildman–Crippen LogP) is 4.02. The SMILES string of the molecule is CC1(C)COC(=O)N[C@H]1c1cc(Br)cc(Br)c1. The molecule has 1 atom stereocenters. The minimum absolute atomic E-state index is 0.0439. The Hall–Kier alpha value is -0.550. The molecule has 0 radical (unpaired) electrons. The Kier molecular flexibility index (Phi) is 3.50. The minimum Gasteiger partial charge on any atom is -0.449 e. The number of hydrogen-bond acceptors (Lipinski definition) is 2. The first-order valence-corrected chi connectivity index (χ1v) is 6.86. The highest BCUT2D eigenvalue weighted by Gasteiger charge is 2.37. The van der Waals surface area contributed by atoms with Gasteiger partial charge >= 0.3 is 6.09 Å². The third-order valence-electron chi connectivity index (χ3n) is 2.84. The first kappa shape index (κ1) is 12.9. The zero-order chi connectivity index (χ0) is 12.6. The van der Waals surface area contributed by atoms with E-state index in [1.165, 1.54) is 0 Å². The number of ether oxygens (including phenoxy) is 1. The number of carbonyl (C=O) groups excluding carboxylic acids is 1. The molecule has 17 heavy (non-hydrogen) atoms. The van der Waals surface area contributed by atoms with Crippen LogP contribution in [0.25, 0.3) is 0 Å². The standard InChI is InChI=1S/C12H13Br2NO2/c1-12(2)6-17-11(16)15-10(12)7-3-8(13)5-9(14)4-7/h3-5,10H,6H2,1-2H3,(H,15,16)/t10-/m0/s1. The van der Waals surface area contributed by atoms with Crippen molar-refractivity contribution >= 4 is 38.0 Å². The van der Waals surface area contributed by atoms with Crippen LogP contribution in [0.15, 0.2) is 27.1 Å². The van der Waals surface area contributed by atoms with Gasteiger partial charge in [0.25, 0.3) is 0 Å². The smallest absolute Gasteiger partial charge is 0.407 e. The molecule has 0 spiro atoms. The molecule has 1 fully saturated rings. The van der Waals surface area contributed by atoms with Crippen molar-refractivity contribution in [1.82, 2.24) is 5.32 Å². The second-order valence-electron chi connectivity index (χ2n) is 4.84. The lowest BCUT2D eigenvalue weighted by molar-refractivity contribution is 0.0387. The van der Waals surface area contributed by atoms with Gasteiger partial charge in [0.2, 0.25) is 0 Å². The number of cyclic esters (lactones) is 1. The summed E-state index contributed by atoms with van der Waals surface area (Å²) in [5.41, 5.74) is 0.932. The van der Waals surface area contributed by atoms with Crippen LogP contribution < -0.4 is 5.32 Å². The average Bonchev–Trinajstić information content (AvgIpc) is 2.20. The third-order valence-corrected chi connectivity index (χ3v) is 3.75. The van der Waals surface area contributed by atoms with Crippen molar-refractivity contribution in [3.05, 3.63) is 32.7 Å². The van der Waals surface area contributed by atoms with Gasteiger partial charge in [-0.1, -0.05) is 45.7 Å². The molecular weight excluding hydrogens is 350 g/mol. The molecule has 1 saturated heterocycles. The molecule has 0 unspecified atom stereocenters.